The molecule has 10 nitrogen and oxygen atoms in total. The van der Waals surface area contributed by atoms with Gasteiger partial charge in [0.1, 0.15) is 6.04 Å². The lowest BCUT2D eigenvalue weighted by Gasteiger charge is -2.28. The van der Waals surface area contributed by atoms with Crippen molar-refractivity contribution < 1.29 is 31.7 Å². The summed E-state index contributed by atoms with van der Waals surface area (Å²) in [7, 11) is -4.79. The predicted octanol–water partition coefficient (Wildman–Crippen LogP) is -0.739. The van der Waals surface area contributed by atoms with E-state index in [1.54, 1.807) is 13.3 Å². The van der Waals surface area contributed by atoms with Crippen LogP contribution in [0.3, 0.4) is 0 Å². The average molecular weight is 322 g/mol. The van der Waals surface area contributed by atoms with E-state index >= 15 is 0 Å². The Morgan fingerprint density at radius 3 is 2.86 bits per heavy atom. The molecule has 2 aliphatic rings. The molecule has 21 heavy (non-hydrogen) atoms. The van der Waals surface area contributed by atoms with Crippen LogP contribution in [0.2, 0.25) is 0 Å². The summed E-state index contributed by atoms with van der Waals surface area (Å²) in [6, 6.07) is -2.06. The number of nitrogens with zero attached hydrogens (tertiary/aromatic N) is 2. The van der Waals surface area contributed by atoms with Crippen LogP contribution in [0, 0.1) is 6.42 Å². The molecule has 2 aliphatic heterocycles. The molecule has 0 unspecified atom stereocenters. The smallest absolute Gasteiger partial charge is 0.309 e. The second-order valence-electron chi connectivity index (χ2n) is 4.70. The summed E-state index contributed by atoms with van der Waals surface area (Å²) in [6.07, 6.45) is 2.41. The molecule has 2 fully saturated rings. The zero-order valence-electron chi connectivity index (χ0n) is 11.3. The molecule has 11 heteroatoms. The minimum Gasteiger partial charge on any atom is -0.309 e. The van der Waals surface area contributed by atoms with E-state index in [0.717, 1.165) is 0 Å². The van der Waals surface area contributed by atoms with Crippen LogP contribution in [-0.4, -0.2) is 60.1 Å². The highest BCUT2D eigenvalue weighted by molar-refractivity contribution is 7.80. The van der Waals surface area contributed by atoms with E-state index in [1.807, 2.05) is 0 Å². The molecule has 3 amide bonds. The Morgan fingerprint density at radius 1 is 1.52 bits per heavy atom. The Hall–Kier alpha value is -1.43. The summed E-state index contributed by atoms with van der Waals surface area (Å²) in [4.78, 5) is 30.0. The predicted molar refractivity (Wildman–Crippen MR) is 67.5 cm³/mol. The van der Waals surface area contributed by atoms with E-state index in [9.17, 15) is 18.0 Å². The maximum absolute atomic E-state index is 12.0. The van der Waals surface area contributed by atoms with Crippen LogP contribution in [0.4, 0.5) is 4.79 Å². The van der Waals surface area contributed by atoms with Crippen molar-refractivity contribution in [3.05, 3.63) is 6.42 Å². The third-order valence-electron chi connectivity index (χ3n) is 3.22. The third-order valence-corrected chi connectivity index (χ3v) is 3.57. The van der Waals surface area contributed by atoms with Gasteiger partial charge in [0.2, 0.25) is 0 Å². The molecule has 0 saturated carbocycles. The topological polar surface area (TPSA) is 125 Å². The van der Waals surface area contributed by atoms with Crippen molar-refractivity contribution in [3.63, 3.8) is 0 Å². The molecular formula is C10H16N3O7S. The molecule has 2 N–H and O–H groups in total. The Morgan fingerprint density at radius 2 is 2.24 bits per heavy atom. The first-order valence-corrected chi connectivity index (χ1v) is 7.66. The number of urea groups is 1. The lowest BCUT2D eigenvalue weighted by Crippen LogP contribution is -2.49. The van der Waals surface area contributed by atoms with Crippen molar-refractivity contribution in [2.75, 3.05) is 13.2 Å². The molecular weight excluding hydrogens is 306 g/mol. The second-order valence-corrected chi connectivity index (χ2v) is 5.70. The van der Waals surface area contributed by atoms with Gasteiger partial charge in [-0.2, -0.15) is 13.5 Å². The van der Waals surface area contributed by atoms with Crippen LogP contribution < -0.4 is 5.48 Å². The first-order chi connectivity index (χ1) is 9.83. The first kappa shape index (κ1) is 15.9. The summed E-state index contributed by atoms with van der Waals surface area (Å²) < 4.78 is 34.4. The molecule has 2 bridgehead atoms. The maximum atomic E-state index is 12.0. The lowest BCUT2D eigenvalue weighted by atomic mass is 10.0. The summed E-state index contributed by atoms with van der Waals surface area (Å²) in [6.45, 7) is 2.13. The molecule has 0 aromatic rings. The highest BCUT2D eigenvalue weighted by Crippen LogP contribution is 2.30. The lowest BCUT2D eigenvalue weighted by molar-refractivity contribution is -0.138. The SMILES string of the molecule is C[CH]CONC(=O)[C@@H]1CC[C@@H]2CN1C(=O)N2OS(=O)(=O)O. The molecule has 2 atom stereocenters. The largest absolute Gasteiger partial charge is 0.418 e. The van der Waals surface area contributed by atoms with E-state index in [1.165, 1.54) is 4.90 Å². The Balaban J connectivity index is 2.01. The summed E-state index contributed by atoms with van der Waals surface area (Å²) in [5, 5.41) is 0.587. The van der Waals surface area contributed by atoms with Crippen LogP contribution >= 0.6 is 0 Å². The van der Waals surface area contributed by atoms with E-state index in [-0.39, 0.29) is 13.2 Å². The number of hydroxylamine groups is 3. The van der Waals surface area contributed by atoms with Gasteiger partial charge in [0.15, 0.2) is 0 Å². The molecule has 0 aromatic heterocycles. The number of carbonyl (C=O) groups is 2. The first-order valence-electron chi connectivity index (χ1n) is 6.30. The van der Waals surface area contributed by atoms with E-state index in [2.05, 4.69) is 9.76 Å². The Bertz CT molecular complexity index is 523. The van der Waals surface area contributed by atoms with Gasteiger partial charge in [-0.25, -0.2) is 10.3 Å². The number of amides is 3. The molecule has 119 valence electrons. The highest BCUT2D eigenvalue weighted by Gasteiger charge is 2.49. The van der Waals surface area contributed by atoms with Gasteiger partial charge in [0.25, 0.3) is 5.91 Å². The molecule has 1 radical (unpaired) electrons. The van der Waals surface area contributed by atoms with Crippen LogP contribution in [-0.2, 0) is 24.3 Å². The fourth-order valence-corrected chi connectivity index (χ4v) is 2.76. The van der Waals surface area contributed by atoms with E-state index in [4.69, 9.17) is 9.39 Å². The third kappa shape index (κ3) is 3.61. The van der Waals surface area contributed by atoms with Gasteiger partial charge in [-0.15, -0.1) is 4.28 Å². The van der Waals surface area contributed by atoms with Crippen LogP contribution in [0.25, 0.3) is 0 Å². The van der Waals surface area contributed by atoms with Crippen molar-refractivity contribution in [1.29, 1.82) is 0 Å². The summed E-state index contributed by atoms with van der Waals surface area (Å²) >= 11 is 0. The van der Waals surface area contributed by atoms with Crippen molar-refractivity contribution >= 4 is 22.3 Å². The van der Waals surface area contributed by atoms with Gasteiger partial charge in [-0.3, -0.25) is 14.2 Å². The molecule has 2 saturated heterocycles. The minimum absolute atomic E-state index is 0.145. The molecule has 0 aromatic carbocycles. The van der Waals surface area contributed by atoms with Gasteiger partial charge in [-0.05, 0) is 19.3 Å². The van der Waals surface area contributed by atoms with Crippen molar-refractivity contribution in [2.24, 2.45) is 0 Å². The number of fused-ring (bicyclic) bond motifs is 2. The molecule has 2 rings (SSSR count). The van der Waals surface area contributed by atoms with Crippen molar-refractivity contribution in [3.8, 4) is 0 Å². The normalized spacial score (nSPS) is 25.3. The van der Waals surface area contributed by atoms with E-state index < -0.39 is 34.4 Å². The number of hydrogen-bond donors (Lipinski definition) is 2. The van der Waals surface area contributed by atoms with Crippen molar-refractivity contribution in [1.82, 2.24) is 15.4 Å². The average Bonchev–Trinajstić information content (AvgIpc) is 2.63. The highest BCUT2D eigenvalue weighted by atomic mass is 32.3. The molecule has 2 heterocycles. The number of carbonyl (C=O) groups excluding carboxylic acids is 2. The standard InChI is InChI=1S/C10H16N3O7S/c1-2-5-19-11-9(14)8-4-3-7-6-12(8)10(15)13(7)20-21(16,17)18/h2,7-8H,3-6H2,1H3,(H,11,14)(H,16,17,18)/t7-,8+/m1/s1. The number of rotatable bonds is 6. The van der Waals surface area contributed by atoms with Gasteiger partial charge in [0.05, 0.1) is 12.6 Å². The second kappa shape index (κ2) is 6.13. The summed E-state index contributed by atoms with van der Waals surface area (Å²) in [5.41, 5.74) is 2.23. The molecule has 0 aliphatic carbocycles. The fraction of sp³-hybridized carbons (Fsp3) is 0.700. The van der Waals surface area contributed by atoms with Gasteiger partial charge in [-0.1, -0.05) is 6.92 Å². The monoisotopic (exact) mass is 322 g/mol. The van der Waals surface area contributed by atoms with Crippen molar-refractivity contribution in [2.45, 2.75) is 31.8 Å². The minimum atomic E-state index is -4.79. The van der Waals surface area contributed by atoms with Crippen LogP contribution in [0.5, 0.6) is 0 Å². The zero-order chi connectivity index (χ0) is 15.6. The quantitative estimate of drug-likeness (QED) is 0.375. The van der Waals surface area contributed by atoms with Gasteiger partial charge >= 0.3 is 16.4 Å². The van der Waals surface area contributed by atoms with Gasteiger partial charge < -0.3 is 4.90 Å². The number of hydrogen-bond acceptors (Lipinski definition) is 6. The van der Waals surface area contributed by atoms with Gasteiger partial charge in [0, 0.05) is 6.54 Å². The zero-order valence-corrected chi connectivity index (χ0v) is 12.1. The summed E-state index contributed by atoms with van der Waals surface area (Å²) in [5.74, 6) is -0.489. The fourth-order valence-electron chi connectivity index (χ4n) is 2.37. The Kier molecular flexibility index (Phi) is 4.66. The Labute approximate surface area is 121 Å². The van der Waals surface area contributed by atoms with Crippen LogP contribution in [0.1, 0.15) is 19.8 Å². The van der Waals surface area contributed by atoms with Crippen LogP contribution in [0.15, 0.2) is 0 Å². The maximum Gasteiger partial charge on any atom is 0.418 e. The van der Waals surface area contributed by atoms with E-state index in [0.29, 0.717) is 17.9 Å². The number of piperidine rings is 1. The molecule has 0 spiro atoms. The number of nitrogens with one attached hydrogen (secondary N) is 1.